The number of halogens is 1. The zero-order valence-electron chi connectivity index (χ0n) is 13.0. The molecule has 0 amide bonds. The Hall–Kier alpha value is -1.12. The van der Waals surface area contributed by atoms with Crippen molar-refractivity contribution >= 4 is 47.0 Å². The van der Waals surface area contributed by atoms with E-state index >= 15 is 0 Å². The molecule has 0 saturated heterocycles. The molecular formula is C16H22IN3OS. The molecule has 1 aromatic heterocycles. The van der Waals surface area contributed by atoms with Gasteiger partial charge >= 0.3 is 0 Å². The number of aryl methyl sites for hydroxylation is 2. The number of anilines is 1. The maximum absolute atomic E-state index is 10.4. The van der Waals surface area contributed by atoms with Gasteiger partial charge in [-0.25, -0.2) is 4.99 Å². The minimum absolute atomic E-state index is 0. The summed E-state index contributed by atoms with van der Waals surface area (Å²) < 4.78 is 0. The summed E-state index contributed by atoms with van der Waals surface area (Å²) in [7, 11) is 0. The van der Waals surface area contributed by atoms with Gasteiger partial charge in [0, 0.05) is 10.6 Å². The molecule has 0 aliphatic carbocycles. The quantitative estimate of drug-likeness (QED) is 0.394. The molecule has 0 bridgehead atoms. The molecule has 0 fully saturated rings. The number of hydrogen-bond donors (Lipinski definition) is 3. The van der Waals surface area contributed by atoms with Gasteiger partial charge < -0.3 is 16.2 Å². The van der Waals surface area contributed by atoms with Crippen LogP contribution in [0.4, 0.5) is 5.69 Å². The van der Waals surface area contributed by atoms with Gasteiger partial charge in [-0.2, -0.15) is 0 Å². The van der Waals surface area contributed by atoms with E-state index in [9.17, 15) is 5.11 Å². The number of thiophene rings is 1. The van der Waals surface area contributed by atoms with Gasteiger partial charge in [-0.15, -0.1) is 35.3 Å². The normalized spacial score (nSPS) is 14.1. The zero-order valence-corrected chi connectivity index (χ0v) is 16.1. The molecule has 0 radical (unpaired) electrons. The molecule has 6 heteroatoms. The van der Waals surface area contributed by atoms with Crippen molar-refractivity contribution in [2.24, 2.45) is 10.7 Å². The van der Waals surface area contributed by atoms with Crippen LogP contribution in [-0.2, 0) is 5.60 Å². The number of aliphatic imine (C=N–C) groups is 1. The molecule has 1 aromatic carbocycles. The Kier molecular flexibility index (Phi) is 6.83. The molecular weight excluding hydrogens is 409 g/mol. The van der Waals surface area contributed by atoms with E-state index in [0.29, 0.717) is 5.96 Å². The Labute approximate surface area is 152 Å². The monoisotopic (exact) mass is 431 g/mol. The van der Waals surface area contributed by atoms with Gasteiger partial charge in [-0.05, 0) is 55.5 Å². The topological polar surface area (TPSA) is 70.6 Å². The van der Waals surface area contributed by atoms with E-state index in [2.05, 4.69) is 24.2 Å². The molecule has 1 unspecified atom stereocenters. The molecule has 4 nitrogen and oxygen atoms in total. The summed E-state index contributed by atoms with van der Waals surface area (Å²) in [6.07, 6.45) is 0. The van der Waals surface area contributed by atoms with Crippen molar-refractivity contribution < 1.29 is 5.11 Å². The molecule has 22 heavy (non-hydrogen) atoms. The third-order valence-electron chi connectivity index (χ3n) is 3.39. The van der Waals surface area contributed by atoms with Crippen LogP contribution in [0.1, 0.15) is 22.9 Å². The fraction of sp³-hybridized carbons (Fsp3) is 0.312. The highest BCUT2D eigenvalue weighted by atomic mass is 127. The van der Waals surface area contributed by atoms with Crippen LogP contribution >= 0.6 is 35.3 Å². The van der Waals surface area contributed by atoms with Crippen molar-refractivity contribution in [2.75, 3.05) is 11.9 Å². The third-order valence-corrected chi connectivity index (χ3v) is 4.51. The lowest BCUT2D eigenvalue weighted by Crippen LogP contribution is -2.29. The maximum Gasteiger partial charge on any atom is 0.193 e. The Morgan fingerprint density at radius 3 is 2.64 bits per heavy atom. The minimum Gasteiger partial charge on any atom is -0.383 e. The van der Waals surface area contributed by atoms with Crippen molar-refractivity contribution in [1.29, 1.82) is 0 Å². The Bertz CT molecular complexity index is 639. The van der Waals surface area contributed by atoms with E-state index in [1.54, 1.807) is 6.92 Å². The molecule has 0 aliphatic rings. The van der Waals surface area contributed by atoms with Gasteiger partial charge in [0.05, 0.1) is 6.54 Å². The summed E-state index contributed by atoms with van der Waals surface area (Å²) in [4.78, 5) is 5.12. The van der Waals surface area contributed by atoms with Crippen molar-refractivity contribution in [1.82, 2.24) is 0 Å². The van der Waals surface area contributed by atoms with Gasteiger partial charge in [0.2, 0.25) is 0 Å². The van der Waals surface area contributed by atoms with Crippen LogP contribution in [0.2, 0.25) is 0 Å². The van der Waals surface area contributed by atoms with E-state index in [4.69, 9.17) is 5.73 Å². The summed E-state index contributed by atoms with van der Waals surface area (Å²) in [5, 5.41) is 15.4. The number of hydrogen-bond acceptors (Lipinski definition) is 3. The SMILES string of the molecule is Cc1ccc(NC(N)=NCC(C)(O)c2cccs2)cc1C.I. The van der Waals surface area contributed by atoms with Crippen molar-refractivity contribution in [2.45, 2.75) is 26.4 Å². The first-order valence-electron chi connectivity index (χ1n) is 6.79. The second-order valence-electron chi connectivity index (χ2n) is 5.38. The number of aliphatic hydroxyl groups is 1. The summed E-state index contributed by atoms with van der Waals surface area (Å²) >= 11 is 1.51. The molecule has 2 rings (SSSR count). The van der Waals surface area contributed by atoms with E-state index in [-0.39, 0.29) is 30.5 Å². The molecule has 0 saturated carbocycles. The van der Waals surface area contributed by atoms with Crippen LogP contribution < -0.4 is 11.1 Å². The number of benzene rings is 1. The highest BCUT2D eigenvalue weighted by Crippen LogP contribution is 2.25. The Balaban J connectivity index is 0.00000242. The fourth-order valence-electron chi connectivity index (χ4n) is 1.91. The number of nitrogens with one attached hydrogen (secondary N) is 1. The second kappa shape index (κ2) is 7.94. The van der Waals surface area contributed by atoms with Crippen LogP contribution in [-0.4, -0.2) is 17.6 Å². The largest absolute Gasteiger partial charge is 0.383 e. The highest BCUT2D eigenvalue weighted by Gasteiger charge is 2.23. The molecule has 1 atom stereocenters. The van der Waals surface area contributed by atoms with Crippen molar-refractivity contribution in [3.63, 3.8) is 0 Å². The fourth-order valence-corrected chi connectivity index (χ4v) is 2.69. The van der Waals surface area contributed by atoms with Gasteiger partial charge in [-0.1, -0.05) is 12.1 Å². The summed E-state index contributed by atoms with van der Waals surface area (Å²) in [5.41, 5.74) is 8.21. The molecule has 4 N–H and O–H groups in total. The van der Waals surface area contributed by atoms with E-state index < -0.39 is 5.60 Å². The summed E-state index contributed by atoms with van der Waals surface area (Å²) in [6.45, 7) is 6.08. The first-order valence-corrected chi connectivity index (χ1v) is 7.67. The Morgan fingerprint density at radius 1 is 1.32 bits per heavy atom. The van der Waals surface area contributed by atoms with E-state index in [1.807, 2.05) is 35.7 Å². The van der Waals surface area contributed by atoms with Gasteiger partial charge in [0.25, 0.3) is 0 Å². The maximum atomic E-state index is 10.4. The highest BCUT2D eigenvalue weighted by molar-refractivity contribution is 14.0. The van der Waals surface area contributed by atoms with Gasteiger partial charge in [-0.3, -0.25) is 0 Å². The average Bonchev–Trinajstić information content (AvgIpc) is 2.96. The number of nitrogens with two attached hydrogens (primary N) is 1. The molecule has 0 spiro atoms. The first kappa shape index (κ1) is 18.9. The van der Waals surface area contributed by atoms with Crippen molar-refractivity contribution in [3.8, 4) is 0 Å². The number of rotatable bonds is 4. The van der Waals surface area contributed by atoms with Crippen LogP contribution in [0.3, 0.4) is 0 Å². The van der Waals surface area contributed by atoms with Crippen LogP contribution in [0.15, 0.2) is 40.7 Å². The number of guanidine groups is 1. The molecule has 1 heterocycles. The lowest BCUT2D eigenvalue weighted by Gasteiger charge is -2.19. The smallest absolute Gasteiger partial charge is 0.193 e. The zero-order chi connectivity index (χ0) is 15.5. The standard InChI is InChI=1S/C16H21N3OS.HI/c1-11-6-7-13(9-12(11)2)19-15(17)18-10-16(3,20)14-5-4-8-21-14;/h4-9,20H,10H2,1-3H3,(H3,17,18,19);1H. The third kappa shape index (κ3) is 4.96. The predicted molar refractivity (Wildman–Crippen MR) is 105 cm³/mol. The summed E-state index contributed by atoms with van der Waals surface area (Å²) in [6, 6.07) is 9.83. The van der Waals surface area contributed by atoms with E-state index in [0.717, 1.165) is 10.6 Å². The lowest BCUT2D eigenvalue weighted by molar-refractivity contribution is 0.0713. The minimum atomic E-state index is -0.996. The lowest BCUT2D eigenvalue weighted by atomic mass is 10.1. The Morgan fingerprint density at radius 2 is 2.05 bits per heavy atom. The van der Waals surface area contributed by atoms with E-state index in [1.165, 1.54) is 22.5 Å². The van der Waals surface area contributed by atoms with Gasteiger partial charge in [0.1, 0.15) is 5.60 Å². The van der Waals surface area contributed by atoms with Gasteiger partial charge in [0.15, 0.2) is 5.96 Å². The average molecular weight is 431 g/mol. The molecule has 2 aromatic rings. The van der Waals surface area contributed by atoms with Crippen LogP contribution in [0.5, 0.6) is 0 Å². The molecule has 120 valence electrons. The number of nitrogens with zero attached hydrogens (tertiary/aromatic N) is 1. The molecule has 0 aliphatic heterocycles. The predicted octanol–water partition coefficient (Wildman–Crippen LogP) is 3.62. The van der Waals surface area contributed by atoms with Crippen molar-refractivity contribution in [3.05, 3.63) is 51.7 Å². The second-order valence-corrected chi connectivity index (χ2v) is 6.32. The summed E-state index contributed by atoms with van der Waals surface area (Å²) in [5.74, 6) is 0.301. The first-order chi connectivity index (χ1) is 9.88. The van der Waals surface area contributed by atoms with Crippen LogP contribution in [0.25, 0.3) is 0 Å². The van der Waals surface area contributed by atoms with Crippen LogP contribution in [0, 0.1) is 13.8 Å².